The van der Waals surface area contributed by atoms with Crippen LogP contribution in [0.2, 0.25) is 0 Å². The summed E-state index contributed by atoms with van der Waals surface area (Å²) >= 11 is 1.28. The molecular formula is C14H14N4O2S. The van der Waals surface area contributed by atoms with Gasteiger partial charge in [0.15, 0.2) is 10.8 Å². The van der Waals surface area contributed by atoms with E-state index >= 15 is 0 Å². The summed E-state index contributed by atoms with van der Waals surface area (Å²) in [5, 5.41) is 19.4. The second-order valence-corrected chi connectivity index (χ2v) is 5.56. The molecule has 1 unspecified atom stereocenters. The van der Waals surface area contributed by atoms with Gasteiger partial charge in [-0.05, 0) is 13.0 Å². The maximum Gasteiger partial charge on any atom is 0.278 e. The third kappa shape index (κ3) is 2.53. The number of para-hydroxylation sites is 1. The number of thiazole rings is 1. The SMILES string of the molecule is CC(O)c1csc(NC(=O)c2nn(C)c3ccccc23)n1. The third-order valence-corrected chi connectivity index (χ3v) is 3.92. The molecule has 0 aliphatic heterocycles. The van der Waals surface area contributed by atoms with Gasteiger partial charge in [0, 0.05) is 17.8 Å². The fraction of sp³-hybridized carbons (Fsp3) is 0.214. The Kier molecular flexibility index (Phi) is 3.44. The van der Waals surface area contributed by atoms with Gasteiger partial charge in [0.2, 0.25) is 0 Å². The Morgan fingerprint density at radius 1 is 1.43 bits per heavy atom. The summed E-state index contributed by atoms with van der Waals surface area (Å²) in [5.41, 5.74) is 1.80. The van der Waals surface area contributed by atoms with E-state index in [4.69, 9.17) is 0 Å². The zero-order valence-electron chi connectivity index (χ0n) is 11.6. The van der Waals surface area contributed by atoms with Gasteiger partial charge in [-0.3, -0.25) is 14.8 Å². The van der Waals surface area contributed by atoms with Crippen LogP contribution in [0.4, 0.5) is 5.13 Å². The van der Waals surface area contributed by atoms with Crippen molar-refractivity contribution in [3.8, 4) is 0 Å². The van der Waals surface area contributed by atoms with E-state index in [1.54, 1.807) is 24.0 Å². The number of aromatic nitrogens is 3. The van der Waals surface area contributed by atoms with Crippen molar-refractivity contribution < 1.29 is 9.90 Å². The average Bonchev–Trinajstić information content (AvgIpc) is 3.05. The zero-order chi connectivity index (χ0) is 15.0. The average molecular weight is 302 g/mol. The van der Waals surface area contributed by atoms with Crippen LogP contribution < -0.4 is 5.32 Å². The number of nitrogens with zero attached hydrogens (tertiary/aromatic N) is 3. The Bertz CT molecular complexity index is 806. The van der Waals surface area contributed by atoms with E-state index < -0.39 is 6.10 Å². The lowest BCUT2D eigenvalue weighted by molar-refractivity contribution is 0.102. The van der Waals surface area contributed by atoms with Crippen molar-refractivity contribution in [2.45, 2.75) is 13.0 Å². The van der Waals surface area contributed by atoms with Gasteiger partial charge in [0.05, 0.1) is 17.3 Å². The molecule has 0 saturated heterocycles. The molecule has 1 amide bonds. The zero-order valence-corrected chi connectivity index (χ0v) is 12.4. The molecule has 2 aromatic heterocycles. The molecule has 1 atom stereocenters. The molecule has 3 aromatic rings. The Balaban J connectivity index is 1.90. The summed E-state index contributed by atoms with van der Waals surface area (Å²) in [6.07, 6.45) is -0.650. The number of aryl methyl sites for hydroxylation is 1. The summed E-state index contributed by atoms with van der Waals surface area (Å²) in [6.45, 7) is 1.63. The Labute approximate surface area is 125 Å². The van der Waals surface area contributed by atoms with E-state index in [0.29, 0.717) is 16.5 Å². The quantitative estimate of drug-likeness (QED) is 0.778. The first-order chi connectivity index (χ1) is 10.1. The molecule has 0 aliphatic carbocycles. The second kappa shape index (κ2) is 5.27. The highest BCUT2D eigenvalue weighted by atomic mass is 32.1. The predicted molar refractivity (Wildman–Crippen MR) is 81.4 cm³/mol. The van der Waals surface area contributed by atoms with Gasteiger partial charge in [-0.15, -0.1) is 11.3 Å². The summed E-state index contributed by atoms with van der Waals surface area (Å²) in [5.74, 6) is -0.307. The normalized spacial score (nSPS) is 12.5. The van der Waals surface area contributed by atoms with Crippen LogP contribution in [-0.2, 0) is 7.05 Å². The smallest absolute Gasteiger partial charge is 0.278 e. The number of carbonyl (C=O) groups is 1. The van der Waals surface area contributed by atoms with Crippen molar-refractivity contribution in [1.29, 1.82) is 0 Å². The Hall–Kier alpha value is -2.25. The van der Waals surface area contributed by atoms with Crippen LogP contribution in [0.25, 0.3) is 10.9 Å². The van der Waals surface area contributed by atoms with Crippen molar-refractivity contribution in [3.05, 3.63) is 41.0 Å². The van der Waals surface area contributed by atoms with Gasteiger partial charge < -0.3 is 5.11 Å². The van der Waals surface area contributed by atoms with Crippen LogP contribution in [0.3, 0.4) is 0 Å². The molecule has 0 fully saturated rings. The fourth-order valence-corrected chi connectivity index (χ4v) is 2.87. The molecule has 2 N–H and O–H groups in total. The van der Waals surface area contributed by atoms with E-state index in [0.717, 1.165) is 10.9 Å². The van der Waals surface area contributed by atoms with Crippen LogP contribution in [-0.4, -0.2) is 25.8 Å². The minimum Gasteiger partial charge on any atom is -0.387 e. The Morgan fingerprint density at radius 3 is 2.90 bits per heavy atom. The van der Waals surface area contributed by atoms with Gasteiger partial charge >= 0.3 is 0 Å². The standard InChI is InChI=1S/C14H14N4O2S/c1-8(19)10-7-21-14(15-10)16-13(20)12-9-5-3-4-6-11(9)18(2)17-12/h3-8,19H,1-2H3,(H,15,16,20). The van der Waals surface area contributed by atoms with E-state index in [9.17, 15) is 9.90 Å². The molecule has 3 rings (SSSR count). The monoisotopic (exact) mass is 302 g/mol. The molecule has 7 heteroatoms. The maximum atomic E-state index is 12.3. The highest BCUT2D eigenvalue weighted by molar-refractivity contribution is 7.14. The molecule has 0 radical (unpaired) electrons. The van der Waals surface area contributed by atoms with Crippen molar-refractivity contribution in [1.82, 2.24) is 14.8 Å². The number of hydrogen-bond donors (Lipinski definition) is 2. The van der Waals surface area contributed by atoms with Crippen molar-refractivity contribution in [2.24, 2.45) is 7.05 Å². The lowest BCUT2D eigenvalue weighted by atomic mass is 10.2. The molecule has 1 aromatic carbocycles. The molecule has 0 spiro atoms. The molecule has 21 heavy (non-hydrogen) atoms. The summed E-state index contributed by atoms with van der Waals surface area (Å²) in [4.78, 5) is 16.5. The lowest BCUT2D eigenvalue weighted by Gasteiger charge is -1.99. The fourth-order valence-electron chi connectivity index (χ4n) is 2.07. The highest BCUT2D eigenvalue weighted by Crippen LogP contribution is 2.22. The number of carbonyl (C=O) groups excluding carboxylic acids is 1. The Morgan fingerprint density at radius 2 is 2.19 bits per heavy atom. The number of amides is 1. The van der Waals surface area contributed by atoms with Crippen molar-refractivity contribution in [2.75, 3.05) is 5.32 Å². The van der Waals surface area contributed by atoms with Gasteiger partial charge in [0.25, 0.3) is 5.91 Å². The number of fused-ring (bicyclic) bond motifs is 1. The molecule has 2 heterocycles. The van der Waals surface area contributed by atoms with Gasteiger partial charge in [-0.2, -0.15) is 5.10 Å². The number of benzene rings is 1. The lowest BCUT2D eigenvalue weighted by Crippen LogP contribution is -2.13. The second-order valence-electron chi connectivity index (χ2n) is 4.70. The summed E-state index contributed by atoms with van der Waals surface area (Å²) in [7, 11) is 1.80. The van der Waals surface area contributed by atoms with Crippen LogP contribution in [0.1, 0.15) is 29.2 Å². The summed E-state index contributed by atoms with van der Waals surface area (Å²) in [6, 6.07) is 7.55. The number of aliphatic hydroxyl groups is 1. The van der Waals surface area contributed by atoms with Crippen LogP contribution >= 0.6 is 11.3 Å². The molecule has 0 aliphatic rings. The predicted octanol–water partition coefficient (Wildman–Crippen LogP) is 2.34. The number of nitrogens with one attached hydrogen (secondary N) is 1. The first-order valence-electron chi connectivity index (χ1n) is 6.43. The molecule has 0 saturated carbocycles. The molecule has 108 valence electrons. The number of rotatable bonds is 3. The highest BCUT2D eigenvalue weighted by Gasteiger charge is 2.17. The van der Waals surface area contributed by atoms with E-state index in [1.807, 2.05) is 24.3 Å². The summed E-state index contributed by atoms with van der Waals surface area (Å²) < 4.78 is 1.67. The van der Waals surface area contributed by atoms with Crippen molar-refractivity contribution in [3.63, 3.8) is 0 Å². The minimum atomic E-state index is -0.650. The maximum absolute atomic E-state index is 12.3. The topological polar surface area (TPSA) is 80.0 Å². The first kappa shape index (κ1) is 13.7. The van der Waals surface area contributed by atoms with Crippen LogP contribution in [0.5, 0.6) is 0 Å². The van der Waals surface area contributed by atoms with E-state index in [1.165, 1.54) is 11.3 Å². The van der Waals surface area contributed by atoms with Gasteiger partial charge in [0.1, 0.15) is 0 Å². The third-order valence-electron chi connectivity index (χ3n) is 3.14. The minimum absolute atomic E-state index is 0.307. The number of aliphatic hydroxyl groups excluding tert-OH is 1. The van der Waals surface area contributed by atoms with Gasteiger partial charge in [-0.25, -0.2) is 4.98 Å². The number of anilines is 1. The van der Waals surface area contributed by atoms with Gasteiger partial charge in [-0.1, -0.05) is 18.2 Å². The van der Waals surface area contributed by atoms with Crippen molar-refractivity contribution >= 4 is 33.3 Å². The molecule has 6 nitrogen and oxygen atoms in total. The first-order valence-corrected chi connectivity index (χ1v) is 7.31. The number of hydrogen-bond acceptors (Lipinski definition) is 5. The van der Waals surface area contributed by atoms with E-state index in [2.05, 4.69) is 15.4 Å². The molecular weight excluding hydrogens is 288 g/mol. The van der Waals surface area contributed by atoms with E-state index in [-0.39, 0.29) is 5.91 Å². The molecule has 0 bridgehead atoms. The van der Waals surface area contributed by atoms with Crippen LogP contribution in [0, 0.1) is 0 Å². The van der Waals surface area contributed by atoms with Crippen LogP contribution in [0.15, 0.2) is 29.6 Å². The largest absolute Gasteiger partial charge is 0.387 e.